The lowest BCUT2D eigenvalue weighted by atomic mass is 10.0. The fourth-order valence-corrected chi connectivity index (χ4v) is 2.49. The van der Waals surface area contributed by atoms with Crippen LogP contribution in [0.1, 0.15) is 16.7 Å². The van der Waals surface area contributed by atoms with E-state index < -0.39 is 3.79 Å². The monoisotopic (exact) mass is 298 g/mol. The van der Waals surface area contributed by atoms with Crippen molar-refractivity contribution in [2.24, 2.45) is 0 Å². The summed E-state index contributed by atoms with van der Waals surface area (Å²) < 4.78 is -1.35. The zero-order valence-electron chi connectivity index (χ0n) is 9.74. The zero-order valence-corrected chi connectivity index (χ0v) is 12.0. The van der Waals surface area contributed by atoms with Gasteiger partial charge in [-0.05, 0) is 24.0 Å². The molecular weight excluding hydrogens is 287 g/mol. The fourth-order valence-electron chi connectivity index (χ4n) is 1.94. The summed E-state index contributed by atoms with van der Waals surface area (Å²) in [5.74, 6) is 0. The van der Waals surface area contributed by atoms with Crippen molar-refractivity contribution in [3.8, 4) is 0 Å². The van der Waals surface area contributed by atoms with Gasteiger partial charge in [-0.1, -0.05) is 89.4 Å². The van der Waals surface area contributed by atoms with Crippen molar-refractivity contribution in [2.75, 3.05) is 0 Å². The lowest BCUT2D eigenvalue weighted by Crippen LogP contribution is -2.06. The quantitative estimate of drug-likeness (QED) is 0.675. The third-order valence-corrected chi connectivity index (χ3v) is 3.46. The number of hydrogen-bond acceptors (Lipinski definition) is 0. The maximum atomic E-state index is 5.98. The van der Waals surface area contributed by atoms with Crippen LogP contribution in [0.25, 0.3) is 0 Å². The molecule has 0 nitrogen and oxygen atoms in total. The third-order valence-electron chi connectivity index (χ3n) is 2.85. The van der Waals surface area contributed by atoms with Gasteiger partial charge in [0, 0.05) is 5.56 Å². The minimum absolute atomic E-state index is 0.769. The van der Waals surface area contributed by atoms with Crippen molar-refractivity contribution in [3.05, 3.63) is 71.3 Å². The number of rotatable bonds is 3. The van der Waals surface area contributed by atoms with Gasteiger partial charge in [-0.15, -0.1) is 0 Å². The molecule has 0 N–H and O–H groups in total. The van der Waals surface area contributed by atoms with Gasteiger partial charge in [-0.3, -0.25) is 0 Å². The maximum absolute atomic E-state index is 5.98. The smallest absolute Gasteiger partial charge is 0.0784 e. The molecule has 0 atom stereocenters. The van der Waals surface area contributed by atoms with Gasteiger partial charge in [0.15, 0.2) is 0 Å². The molecule has 0 aliphatic rings. The van der Waals surface area contributed by atoms with Crippen LogP contribution in [0.2, 0.25) is 0 Å². The Morgan fingerprint density at radius 3 is 2.00 bits per heavy atom. The zero-order chi connectivity index (χ0) is 13.0. The maximum Gasteiger partial charge on any atom is 0.216 e. The van der Waals surface area contributed by atoms with E-state index in [1.54, 1.807) is 0 Å². The minimum atomic E-state index is -1.35. The third kappa shape index (κ3) is 3.65. The molecule has 0 saturated heterocycles. The molecule has 0 unspecified atom stereocenters. The Bertz CT molecular complexity index is 501. The van der Waals surface area contributed by atoms with Crippen LogP contribution in [0, 0.1) is 0 Å². The van der Waals surface area contributed by atoms with Crippen LogP contribution < -0.4 is 0 Å². The molecule has 94 valence electrons. The molecule has 0 bridgehead atoms. The summed E-state index contributed by atoms with van der Waals surface area (Å²) >= 11 is 17.9. The first kappa shape index (κ1) is 13.7. The SMILES string of the molecule is ClC(Cl)(Cl)c1ccccc1CCc1ccccc1. The highest BCUT2D eigenvalue weighted by atomic mass is 35.6. The van der Waals surface area contributed by atoms with E-state index >= 15 is 0 Å². The molecule has 2 rings (SSSR count). The molecule has 0 aliphatic heterocycles. The molecule has 3 heteroatoms. The molecule has 0 aromatic heterocycles. The Kier molecular flexibility index (Phi) is 4.55. The van der Waals surface area contributed by atoms with Crippen LogP contribution in [0.15, 0.2) is 54.6 Å². The second-order valence-electron chi connectivity index (χ2n) is 4.14. The highest BCUT2D eigenvalue weighted by Gasteiger charge is 2.25. The molecule has 0 amide bonds. The van der Waals surface area contributed by atoms with E-state index in [9.17, 15) is 0 Å². The van der Waals surface area contributed by atoms with Gasteiger partial charge in [0.1, 0.15) is 0 Å². The topological polar surface area (TPSA) is 0 Å². The van der Waals surface area contributed by atoms with Crippen molar-refractivity contribution in [1.29, 1.82) is 0 Å². The molecule has 0 spiro atoms. The van der Waals surface area contributed by atoms with Crippen LogP contribution in [-0.4, -0.2) is 0 Å². The Hall–Kier alpha value is -0.690. The van der Waals surface area contributed by atoms with E-state index in [0.29, 0.717) is 0 Å². The predicted molar refractivity (Wildman–Crippen MR) is 79.5 cm³/mol. The molecule has 2 aromatic carbocycles. The summed E-state index contributed by atoms with van der Waals surface area (Å²) in [7, 11) is 0. The van der Waals surface area contributed by atoms with E-state index in [0.717, 1.165) is 24.0 Å². The lowest BCUT2D eigenvalue weighted by Gasteiger charge is -2.16. The van der Waals surface area contributed by atoms with Gasteiger partial charge in [-0.2, -0.15) is 0 Å². The van der Waals surface area contributed by atoms with E-state index in [2.05, 4.69) is 12.1 Å². The standard InChI is InChI=1S/C15H13Cl3/c16-15(17,18)14-9-5-4-8-13(14)11-10-12-6-2-1-3-7-12/h1-9H,10-11H2. The Labute approximate surface area is 122 Å². The normalized spacial score (nSPS) is 11.5. The van der Waals surface area contributed by atoms with Crippen molar-refractivity contribution < 1.29 is 0 Å². The van der Waals surface area contributed by atoms with Crippen molar-refractivity contribution in [3.63, 3.8) is 0 Å². The van der Waals surface area contributed by atoms with Crippen molar-refractivity contribution in [1.82, 2.24) is 0 Å². The van der Waals surface area contributed by atoms with Gasteiger partial charge in [0.05, 0.1) is 0 Å². The predicted octanol–water partition coefficient (Wildman–Crippen LogP) is 5.30. The Balaban J connectivity index is 2.15. The summed E-state index contributed by atoms with van der Waals surface area (Å²) in [6.45, 7) is 0. The van der Waals surface area contributed by atoms with Gasteiger partial charge < -0.3 is 0 Å². The second kappa shape index (κ2) is 5.97. The first-order valence-electron chi connectivity index (χ1n) is 5.76. The Morgan fingerprint density at radius 2 is 1.33 bits per heavy atom. The molecule has 0 radical (unpaired) electrons. The molecule has 18 heavy (non-hydrogen) atoms. The summed E-state index contributed by atoms with van der Waals surface area (Å²) in [5, 5.41) is 0. The van der Waals surface area contributed by atoms with E-state index in [4.69, 9.17) is 34.8 Å². The fraction of sp³-hybridized carbons (Fsp3) is 0.200. The van der Waals surface area contributed by atoms with E-state index in [1.165, 1.54) is 5.56 Å². The van der Waals surface area contributed by atoms with E-state index in [1.807, 2.05) is 42.5 Å². The van der Waals surface area contributed by atoms with Gasteiger partial charge >= 0.3 is 0 Å². The number of halogens is 3. The first-order valence-corrected chi connectivity index (χ1v) is 6.90. The van der Waals surface area contributed by atoms with Gasteiger partial charge in [-0.25, -0.2) is 0 Å². The summed E-state index contributed by atoms with van der Waals surface area (Å²) in [5.41, 5.74) is 3.14. The van der Waals surface area contributed by atoms with Crippen molar-refractivity contribution >= 4 is 34.8 Å². The molecule has 0 fully saturated rings. The van der Waals surface area contributed by atoms with Crippen LogP contribution in [0.4, 0.5) is 0 Å². The molecule has 2 aromatic rings. The highest BCUT2D eigenvalue weighted by Crippen LogP contribution is 2.40. The number of alkyl halides is 3. The summed E-state index contributed by atoms with van der Waals surface area (Å²) in [4.78, 5) is 0. The lowest BCUT2D eigenvalue weighted by molar-refractivity contribution is 0.937. The minimum Gasteiger partial charge on any atom is -0.0784 e. The van der Waals surface area contributed by atoms with Crippen LogP contribution in [-0.2, 0) is 16.6 Å². The van der Waals surface area contributed by atoms with Crippen LogP contribution >= 0.6 is 34.8 Å². The number of hydrogen-bond donors (Lipinski definition) is 0. The highest BCUT2D eigenvalue weighted by molar-refractivity contribution is 6.66. The largest absolute Gasteiger partial charge is 0.216 e. The average molecular weight is 300 g/mol. The van der Waals surface area contributed by atoms with Gasteiger partial charge in [0.2, 0.25) is 3.79 Å². The first-order chi connectivity index (χ1) is 8.57. The number of aryl methyl sites for hydroxylation is 2. The second-order valence-corrected chi connectivity index (χ2v) is 6.42. The van der Waals surface area contributed by atoms with Crippen LogP contribution in [0.3, 0.4) is 0 Å². The molecular formula is C15H13Cl3. The molecule has 0 aliphatic carbocycles. The molecule has 0 heterocycles. The van der Waals surface area contributed by atoms with Crippen LogP contribution in [0.5, 0.6) is 0 Å². The van der Waals surface area contributed by atoms with Crippen molar-refractivity contribution in [2.45, 2.75) is 16.6 Å². The molecule has 0 saturated carbocycles. The summed E-state index contributed by atoms with van der Waals surface area (Å²) in [6.07, 6.45) is 1.81. The number of benzene rings is 2. The van der Waals surface area contributed by atoms with E-state index in [-0.39, 0.29) is 0 Å². The van der Waals surface area contributed by atoms with Gasteiger partial charge in [0.25, 0.3) is 0 Å². The summed E-state index contributed by atoms with van der Waals surface area (Å²) in [6, 6.07) is 18.1. The average Bonchev–Trinajstić information content (AvgIpc) is 2.37. The Morgan fingerprint density at radius 1 is 0.722 bits per heavy atom.